The minimum absolute atomic E-state index is 0.445. The van der Waals surface area contributed by atoms with Crippen molar-refractivity contribution in [2.24, 2.45) is 11.8 Å². The molecule has 2 heterocycles. The van der Waals surface area contributed by atoms with Crippen LogP contribution in [0, 0.1) is 11.8 Å². The second-order valence-corrected chi connectivity index (χ2v) is 8.26. The van der Waals surface area contributed by atoms with Crippen molar-refractivity contribution in [3.05, 3.63) is 0 Å². The monoisotopic (exact) mass is 304 g/mol. The summed E-state index contributed by atoms with van der Waals surface area (Å²) >= 11 is 0. The average Bonchev–Trinajstić information content (AvgIpc) is 2.45. The summed E-state index contributed by atoms with van der Waals surface area (Å²) in [4.78, 5) is 0. The Morgan fingerprint density at radius 3 is 2.65 bits per heavy atom. The van der Waals surface area contributed by atoms with Crippen molar-refractivity contribution in [2.75, 3.05) is 39.1 Å². The predicted octanol–water partition coefficient (Wildman–Crippen LogP) is 1.06. The van der Waals surface area contributed by atoms with Crippen LogP contribution in [-0.4, -0.2) is 57.9 Å². The number of ether oxygens (including phenoxy) is 1. The van der Waals surface area contributed by atoms with Gasteiger partial charge in [-0.15, -0.1) is 0 Å². The number of nitrogens with one attached hydrogen (secondary N) is 1. The maximum Gasteiger partial charge on any atom is 0.211 e. The molecular weight excluding hydrogens is 276 g/mol. The summed E-state index contributed by atoms with van der Waals surface area (Å²) in [6, 6.07) is 0.493. The second kappa shape index (κ2) is 7.20. The molecule has 0 aromatic heterocycles. The summed E-state index contributed by atoms with van der Waals surface area (Å²) in [7, 11) is -3.03. The first kappa shape index (κ1) is 16.2. The van der Waals surface area contributed by atoms with E-state index in [9.17, 15) is 8.42 Å². The fraction of sp³-hybridized carbons (Fsp3) is 1.00. The van der Waals surface area contributed by atoms with Crippen molar-refractivity contribution in [3.63, 3.8) is 0 Å². The predicted molar refractivity (Wildman–Crippen MR) is 80.1 cm³/mol. The van der Waals surface area contributed by atoms with E-state index in [1.807, 2.05) is 0 Å². The zero-order chi connectivity index (χ0) is 14.6. The molecule has 0 spiro atoms. The largest absolute Gasteiger partial charge is 0.381 e. The minimum atomic E-state index is -3.03. The lowest BCUT2D eigenvalue weighted by Gasteiger charge is -2.33. The van der Waals surface area contributed by atoms with Gasteiger partial charge in [0.2, 0.25) is 10.0 Å². The Morgan fingerprint density at radius 2 is 2.00 bits per heavy atom. The van der Waals surface area contributed by atoms with Gasteiger partial charge in [0, 0.05) is 32.3 Å². The molecule has 2 aliphatic heterocycles. The third kappa shape index (κ3) is 4.69. The molecular formula is C14H28N2O3S. The van der Waals surface area contributed by atoms with Gasteiger partial charge in [0.25, 0.3) is 0 Å². The highest BCUT2D eigenvalue weighted by atomic mass is 32.2. The van der Waals surface area contributed by atoms with Gasteiger partial charge in [-0.2, -0.15) is 0 Å². The maximum atomic E-state index is 11.6. The van der Waals surface area contributed by atoms with Crippen LogP contribution in [0.25, 0.3) is 0 Å². The molecule has 118 valence electrons. The lowest BCUT2D eigenvalue weighted by Crippen LogP contribution is -2.45. The highest BCUT2D eigenvalue weighted by molar-refractivity contribution is 7.88. The van der Waals surface area contributed by atoms with Crippen LogP contribution in [0.4, 0.5) is 0 Å². The number of hydrogen-bond acceptors (Lipinski definition) is 4. The SMILES string of the molecule is CC(NCC1CCCN(S(C)(=O)=O)C1)C1CCOCC1. The van der Waals surface area contributed by atoms with Gasteiger partial charge in [-0.3, -0.25) is 0 Å². The Balaban J connectivity index is 1.75. The summed E-state index contributed by atoms with van der Waals surface area (Å²) in [5, 5.41) is 3.62. The number of nitrogens with zero attached hydrogens (tertiary/aromatic N) is 1. The summed E-state index contributed by atoms with van der Waals surface area (Å²) in [6.07, 6.45) is 5.68. The summed E-state index contributed by atoms with van der Waals surface area (Å²) < 4.78 is 30.2. The second-order valence-electron chi connectivity index (χ2n) is 6.28. The molecule has 1 N–H and O–H groups in total. The van der Waals surface area contributed by atoms with Crippen molar-refractivity contribution in [1.82, 2.24) is 9.62 Å². The first-order valence-corrected chi connectivity index (χ1v) is 9.58. The van der Waals surface area contributed by atoms with E-state index in [-0.39, 0.29) is 0 Å². The molecule has 5 nitrogen and oxygen atoms in total. The van der Waals surface area contributed by atoms with E-state index in [0.29, 0.717) is 31.0 Å². The number of hydrogen-bond donors (Lipinski definition) is 1. The lowest BCUT2D eigenvalue weighted by molar-refractivity contribution is 0.0551. The third-order valence-corrected chi connectivity index (χ3v) is 5.92. The highest BCUT2D eigenvalue weighted by Crippen LogP contribution is 2.21. The van der Waals surface area contributed by atoms with E-state index in [1.54, 1.807) is 4.31 Å². The van der Waals surface area contributed by atoms with Crippen molar-refractivity contribution in [1.29, 1.82) is 0 Å². The zero-order valence-corrected chi connectivity index (χ0v) is 13.5. The van der Waals surface area contributed by atoms with Crippen molar-refractivity contribution < 1.29 is 13.2 Å². The van der Waals surface area contributed by atoms with Crippen molar-refractivity contribution in [2.45, 2.75) is 38.6 Å². The van der Waals surface area contributed by atoms with Crippen LogP contribution in [0.3, 0.4) is 0 Å². The van der Waals surface area contributed by atoms with Gasteiger partial charge in [-0.05, 0) is 51.0 Å². The molecule has 0 radical (unpaired) electrons. The van der Waals surface area contributed by atoms with Crippen LogP contribution in [0.15, 0.2) is 0 Å². The topological polar surface area (TPSA) is 58.6 Å². The maximum absolute atomic E-state index is 11.6. The molecule has 0 aromatic rings. The number of piperidine rings is 1. The van der Waals surface area contributed by atoms with Gasteiger partial charge >= 0.3 is 0 Å². The molecule has 2 saturated heterocycles. The first-order valence-electron chi connectivity index (χ1n) is 7.73. The standard InChI is InChI=1S/C14H28N2O3S/c1-12(14-5-8-19-9-6-14)15-10-13-4-3-7-16(11-13)20(2,17)18/h12-15H,3-11H2,1-2H3. The normalized spacial score (nSPS) is 28.4. The van der Waals surface area contributed by atoms with Crippen LogP contribution >= 0.6 is 0 Å². The Kier molecular flexibility index (Phi) is 5.84. The van der Waals surface area contributed by atoms with Gasteiger partial charge in [0.05, 0.1) is 6.26 Å². The van der Waals surface area contributed by atoms with Gasteiger partial charge in [-0.1, -0.05) is 0 Å². The molecule has 2 fully saturated rings. The Hall–Kier alpha value is -0.170. The molecule has 2 unspecified atom stereocenters. The van der Waals surface area contributed by atoms with E-state index >= 15 is 0 Å². The molecule has 20 heavy (non-hydrogen) atoms. The van der Waals surface area contributed by atoms with Gasteiger partial charge in [0.1, 0.15) is 0 Å². The molecule has 0 bridgehead atoms. The van der Waals surface area contributed by atoms with Crippen LogP contribution in [0.5, 0.6) is 0 Å². The molecule has 0 aliphatic carbocycles. The van der Waals surface area contributed by atoms with E-state index in [0.717, 1.165) is 45.4 Å². The first-order chi connectivity index (χ1) is 9.47. The fourth-order valence-corrected chi connectivity index (χ4v) is 4.17. The van der Waals surface area contributed by atoms with Gasteiger partial charge in [0.15, 0.2) is 0 Å². The number of sulfonamides is 1. The van der Waals surface area contributed by atoms with Crippen LogP contribution in [0.1, 0.15) is 32.6 Å². The molecule has 6 heteroatoms. The van der Waals surface area contributed by atoms with E-state index in [4.69, 9.17) is 4.74 Å². The molecule has 0 saturated carbocycles. The Morgan fingerprint density at radius 1 is 1.30 bits per heavy atom. The van der Waals surface area contributed by atoms with Crippen LogP contribution in [0.2, 0.25) is 0 Å². The summed E-state index contributed by atoms with van der Waals surface area (Å²) in [6.45, 7) is 6.28. The molecule has 0 aromatic carbocycles. The molecule has 2 rings (SSSR count). The summed E-state index contributed by atoms with van der Waals surface area (Å²) in [5.74, 6) is 1.14. The van der Waals surface area contributed by atoms with E-state index in [1.165, 1.54) is 6.26 Å². The Bertz CT molecular complexity index is 393. The molecule has 2 atom stereocenters. The quantitative estimate of drug-likeness (QED) is 0.825. The van der Waals surface area contributed by atoms with Crippen LogP contribution in [-0.2, 0) is 14.8 Å². The Labute approximate surface area is 123 Å². The van der Waals surface area contributed by atoms with Crippen LogP contribution < -0.4 is 5.32 Å². The third-order valence-electron chi connectivity index (χ3n) is 4.65. The zero-order valence-electron chi connectivity index (χ0n) is 12.7. The molecule has 0 amide bonds. The van der Waals surface area contributed by atoms with Crippen molar-refractivity contribution >= 4 is 10.0 Å². The number of rotatable bonds is 5. The van der Waals surface area contributed by atoms with E-state index in [2.05, 4.69) is 12.2 Å². The van der Waals surface area contributed by atoms with Gasteiger partial charge in [-0.25, -0.2) is 12.7 Å². The average molecular weight is 304 g/mol. The van der Waals surface area contributed by atoms with E-state index < -0.39 is 10.0 Å². The van der Waals surface area contributed by atoms with Gasteiger partial charge < -0.3 is 10.1 Å². The smallest absolute Gasteiger partial charge is 0.211 e. The van der Waals surface area contributed by atoms with Crippen molar-refractivity contribution in [3.8, 4) is 0 Å². The molecule has 2 aliphatic rings. The fourth-order valence-electron chi connectivity index (χ4n) is 3.23. The minimum Gasteiger partial charge on any atom is -0.381 e. The summed E-state index contributed by atoms with van der Waals surface area (Å²) in [5.41, 5.74) is 0. The highest BCUT2D eigenvalue weighted by Gasteiger charge is 2.27. The lowest BCUT2D eigenvalue weighted by atomic mass is 9.92.